The molecule has 3 N–H and O–H groups in total. The van der Waals surface area contributed by atoms with Gasteiger partial charge in [0.2, 0.25) is 0 Å². The number of nitrogens with one attached hydrogen (secondary N) is 3. The molecule has 27 heavy (non-hydrogen) atoms. The van der Waals surface area contributed by atoms with E-state index in [1.54, 1.807) is 4.90 Å². The molecule has 1 heterocycles. The predicted octanol–water partition coefficient (Wildman–Crippen LogP) is 2.19. The zero-order chi connectivity index (χ0) is 18.3. The van der Waals surface area contributed by atoms with Crippen LogP contribution in [0.15, 0.2) is 24.3 Å². The summed E-state index contributed by atoms with van der Waals surface area (Å²) in [5.41, 5.74) is 2.27. The van der Waals surface area contributed by atoms with Crippen molar-refractivity contribution < 1.29 is 14.4 Å². The van der Waals surface area contributed by atoms with E-state index in [1.165, 1.54) is 44.1 Å². The second kappa shape index (κ2) is 7.10. The van der Waals surface area contributed by atoms with Crippen molar-refractivity contribution in [2.45, 2.75) is 50.6 Å². The number of rotatable bonds is 4. The van der Waals surface area contributed by atoms with Crippen LogP contribution in [0, 0.1) is 17.8 Å². The summed E-state index contributed by atoms with van der Waals surface area (Å²) < 4.78 is 5.42. The van der Waals surface area contributed by atoms with Crippen molar-refractivity contribution in [3.63, 3.8) is 0 Å². The SMILES string of the molecule is O=C(Nc1ccc(C[NH+]2CCOCC2)cc1)NC12CC3CC(CC(C3)C1)C2. The first kappa shape index (κ1) is 17.5. The lowest BCUT2D eigenvalue weighted by atomic mass is 9.53. The van der Waals surface area contributed by atoms with Gasteiger partial charge in [0.15, 0.2) is 0 Å². The number of carbonyl (C=O) groups is 1. The minimum atomic E-state index is -0.0245. The number of morpholine rings is 1. The van der Waals surface area contributed by atoms with Crippen LogP contribution in [-0.4, -0.2) is 37.9 Å². The third-order valence-electron chi connectivity index (χ3n) is 7.28. The molecule has 4 bridgehead atoms. The van der Waals surface area contributed by atoms with E-state index in [0.717, 1.165) is 56.3 Å². The highest BCUT2D eigenvalue weighted by Gasteiger charge is 2.51. The number of anilines is 1. The quantitative estimate of drug-likeness (QED) is 0.761. The molecule has 1 aromatic rings. The number of carbonyl (C=O) groups excluding carboxylic acids is 1. The van der Waals surface area contributed by atoms with E-state index in [9.17, 15) is 4.79 Å². The van der Waals surface area contributed by atoms with Crippen LogP contribution in [0.3, 0.4) is 0 Å². The fourth-order valence-electron chi connectivity index (χ4n) is 6.50. The molecule has 5 heteroatoms. The van der Waals surface area contributed by atoms with Crippen molar-refractivity contribution in [1.29, 1.82) is 0 Å². The van der Waals surface area contributed by atoms with Crippen molar-refractivity contribution in [3.05, 3.63) is 29.8 Å². The van der Waals surface area contributed by atoms with Crippen molar-refractivity contribution in [3.8, 4) is 0 Å². The Balaban J connectivity index is 1.16. The minimum absolute atomic E-state index is 0.0245. The fraction of sp³-hybridized carbons (Fsp3) is 0.682. The van der Waals surface area contributed by atoms with Gasteiger partial charge in [-0.25, -0.2) is 4.79 Å². The second-order valence-electron chi connectivity index (χ2n) is 9.51. The number of amides is 2. The van der Waals surface area contributed by atoms with Crippen LogP contribution in [0.25, 0.3) is 0 Å². The molecule has 5 nitrogen and oxygen atoms in total. The number of benzene rings is 1. The monoisotopic (exact) mass is 370 g/mol. The largest absolute Gasteiger partial charge is 0.370 e. The first-order valence-corrected chi connectivity index (χ1v) is 10.8. The number of urea groups is 1. The van der Waals surface area contributed by atoms with Gasteiger partial charge in [-0.15, -0.1) is 0 Å². The zero-order valence-electron chi connectivity index (χ0n) is 16.1. The number of hydrogen-bond acceptors (Lipinski definition) is 2. The Hall–Kier alpha value is -1.59. The van der Waals surface area contributed by atoms with Gasteiger partial charge in [0.05, 0.1) is 13.2 Å². The average Bonchev–Trinajstić information content (AvgIpc) is 2.62. The highest BCUT2D eigenvalue weighted by atomic mass is 16.5. The molecule has 0 unspecified atom stereocenters. The summed E-state index contributed by atoms with van der Waals surface area (Å²) in [7, 11) is 0. The van der Waals surface area contributed by atoms with Crippen LogP contribution in [0.4, 0.5) is 10.5 Å². The molecule has 1 aromatic carbocycles. The molecule has 2 amide bonds. The molecular weight excluding hydrogens is 338 g/mol. The Kier molecular flexibility index (Phi) is 4.60. The smallest absolute Gasteiger partial charge is 0.319 e. The molecule has 5 fully saturated rings. The average molecular weight is 371 g/mol. The Morgan fingerprint density at radius 2 is 1.59 bits per heavy atom. The molecule has 0 aromatic heterocycles. The summed E-state index contributed by atoms with van der Waals surface area (Å²) in [6, 6.07) is 8.33. The standard InChI is InChI=1S/C22H31N3O2/c26-21(24-22-12-17-9-18(13-22)11-19(10-17)14-22)23-20-3-1-16(2-4-20)15-25-5-7-27-8-6-25/h1-4,17-19H,5-15H2,(H2,23,24,26)/p+1. The molecule has 6 rings (SSSR count). The maximum Gasteiger partial charge on any atom is 0.319 e. The topological polar surface area (TPSA) is 54.8 Å². The van der Waals surface area contributed by atoms with E-state index < -0.39 is 0 Å². The van der Waals surface area contributed by atoms with Crippen LogP contribution in [0.2, 0.25) is 0 Å². The summed E-state index contributed by atoms with van der Waals surface area (Å²) in [5.74, 6) is 2.54. The molecule has 1 aliphatic heterocycles. The molecule has 0 atom stereocenters. The normalized spacial score (nSPS) is 35.2. The molecule has 146 valence electrons. The van der Waals surface area contributed by atoms with Gasteiger partial charge >= 0.3 is 6.03 Å². The second-order valence-corrected chi connectivity index (χ2v) is 9.51. The predicted molar refractivity (Wildman–Crippen MR) is 105 cm³/mol. The van der Waals surface area contributed by atoms with E-state index >= 15 is 0 Å². The van der Waals surface area contributed by atoms with Gasteiger partial charge in [-0.1, -0.05) is 12.1 Å². The maximum atomic E-state index is 12.7. The van der Waals surface area contributed by atoms with Crippen molar-refractivity contribution in [2.24, 2.45) is 17.8 Å². The number of hydrogen-bond donors (Lipinski definition) is 3. The Morgan fingerprint density at radius 1 is 1.00 bits per heavy atom. The summed E-state index contributed by atoms with van der Waals surface area (Å²) in [6.07, 6.45) is 7.76. The van der Waals surface area contributed by atoms with Gasteiger partial charge in [-0.3, -0.25) is 0 Å². The van der Waals surface area contributed by atoms with Gasteiger partial charge in [-0.05, 0) is 68.4 Å². The highest BCUT2D eigenvalue weighted by molar-refractivity contribution is 5.89. The van der Waals surface area contributed by atoms with Gasteiger partial charge in [0.1, 0.15) is 19.6 Å². The zero-order valence-corrected chi connectivity index (χ0v) is 16.1. The van der Waals surface area contributed by atoms with Crippen LogP contribution in [0.5, 0.6) is 0 Å². The van der Waals surface area contributed by atoms with Gasteiger partial charge in [0, 0.05) is 16.8 Å². The molecule has 5 aliphatic rings. The van der Waals surface area contributed by atoms with Gasteiger partial charge < -0.3 is 20.3 Å². The minimum Gasteiger partial charge on any atom is -0.370 e. The molecule has 0 spiro atoms. The van der Waals surface area contributed by atoms with Crippen LogP contribution in [0.1, 0.15) is 44.1 Å². The summed E-state index contributed by atoms with van der Waals surface area (Å²) >= 11 is 0. The molecule has 0 radical (unpaired) electrons. The third-order valence-corrected chi connectivity index (χ3v) is 7.28. The molecular formula is C22H32N3O2+. The van der Waals surface area contributed by atoms with Crippen molar-refractivity contribution in [2.75, 3.05) is 31.6 Å². The Morgan fingerprint density at radius 3 is 2.19 bits per heavy atom. The number of ether oxygens (including phenoxy) is 1. The van der Waals surface area contributed by atoms with E-state index in [1.807, 2.05) is 12.1 Å². The molecule has 1 saturated heterocycles. The van der Waals surface area contributed by atoms with Crippen molar-refractivity contribution in [1.82, 2.24) is 5.32 Å². The van der Waals surface area contributed by atoms with Crippen LogP contribution < -0.4 is 15.5 Å². The summed E-state index contributed by atoms with van der Waals surface area (Å²) in [4.78, 5) is 14.2. The third kappa shape index (κ3) is 3.85. The first-order valence-electron chi connectivity index (χ1n) is 10.8. The summed E-state index contributed by atoms with van der Waals surface area (Å²) in [6.45, 7) is 4.91. The maximum absolute atomic E-state index is 12.7. The van der Waals surface area contributed by atoms with E-state index in [0.29, 0.717) is 0 Å². The molecule has 4 aliphatic carbocycles. The lowest BCUT2D eigenvalue weighted by Gasteiger charge is -2.56. The van der Waals surface area contributed by atoms with Gasteiger partial charge in [-0.2, -0.15) is 0 Å². The molecule has 4 saturated carbocycles. The van der Waals surface area contributed by atoms with Gasteiger partial charge in [0.25, 0.3) is 0 Å². The van der Waals surface area contributed by atoms with E-state index in [2.05, 4.69) is 22.8 Å². The Bertz CT molecular complexity index is 646. The highest BCUT2D eigenvalue weighted by Crippen LogP contribution is 2.55. The lowest BCUT2D eigenvalue weighted by molar-refractivity contribution is -0.921. The fourth-order valence-corrected chi connectivity index (χ4v) is 6.50. The van der Waals surface area contributed by atoms with Crippen LogP contribution >= 0.6 is 0 Å². The summed E-state index contributed by atoms with van der Waals surface area (Å²) in [5, 5.41) is 6.46. The van der Waals surface area contributed by atoms with Crippen LogP contribution in [-0.2, 0) is 11.3 Å². The van der Waals surface area contributed by atoms with E-state index in [4.69, 9.17) is 4.74 Å². The number of quaternary nitrogens is 1. The van der Waals surface area contributed by atoms with E-state index in [-0.39, 0.29) is 11.6 Å². The van der Waals surface area contributed by atoms with Crippen molar-refractivity contribution >= 4 is 11.7 Å². The first-order chi connectivity index (χ1) is 13.2. The Labute approximate surface area is 161 Å². The lowest BCUT2D eigenvalue weighted by Crippen LogP contribution is -3.12.